The number of nitrogens with zero attached hydrogens (tertiary/aromatic N) is 2. The van der Waals surface area contributed by atoms with Gasteiger partial charge in [-0.1, -0.05) is 0 Å². The predicted molar refractivity (Wildman–Crippen MR) is 66.5 cm³/mol. The summed E-state index contributed by atoms with van der Waals surface area (Å²) in [4.78, 5) is 13.8. The highest BCUT2D eigenvalue weighted by Crippen LogP contribution is 2.22. The molecule has 0 aromatic carbocycles. The molecule has 100 valence electrons. The van der Waals surface area contributed by atoms with Crippen LogP contribution in [0.2, 0.25) is 0 Å². The Morgan fingerprint density at radius 2 is 2.17 bits per heavy atom. The van der Waals surface area contributed by atoms with Crippen LogP contribution < -0.4 is 10.5 Å². The summed E-state index contributed by atoms with van der Waals surface area (Å²) in [5.74, 6) is 0.119. The molecule has 0 amide bonds. The van der Waals surface area contributed by atoms with Crippen LogP contribution in [0.5, 0.6) is 5.88 Å². The molecule has 0 unspecified atom stereocenters. The van der Waals surface area contributed by atoms with E-state index < -0.39 is 4.92 Å². The van der Waals surface area contributed by atoms with Crippen LogP contribution in [0, 0.1) is 10.1 Å². The van der Waals surface area contributed by atoms with Crippen molar-refractivity contribution in [3.63, 3.8) is 0 Å². The largest absolute Gasteiger partial charge is 0.477 e. The second-order valence-corrected chi connectivity index (χ2v) is 4.37. The maximum Gasteiger partial charge on any atom is 0.311 e. The maximum atomic E-state index is 10.5. The van der Waals surface area contributed by atoms with Crippen LogP contribution in [0.15, 0.2) is 12.1 Å². The van der Waals surface area contributed by atoms with Gasteiger partial charge in [0.1, 0.15) is 0 Å². The van der Waals surface area contributed by atoms with Gasteiger partial charge in [0, 0.05) is 25.7 Å². The number of aromatic nitrogens is 1. The average molecular weight is 255 g/mol. The number of nitro groups is 1. The molecular formula is C11H17N3O4. The minimum absolute atomic E-state index is 0.150. The van der Waals surface area contributed by atoms with Gasteiger partial charge in [0.2, 0.25) is 11.7 Å². The highest BCUT2D eigenvalue weighted by Gasteiger charge is 2.17. The molecular weight excluding hydrogens is 238 g/mol. The second-order valence-electron chi connectivity index (χ2n) is 4.37. The quantitative estimate of drug-likeness (QED) is 0.614. The van der Waals surface area contributed by atoms with Gasteiger partial charge >= 0.3 is 5.69 Å². The van der Waals surface area contributed by atoms with E-state index in [0.29, 0.717) is 13.0 Å². The molecule has 7 nitrogen and oxygen atoms in total. The molecule has 0 aliphatic carbocycles. The Hall–Kier alpha value is -1.89. The van der Waals surface area contributed by atoms with Gasteiger partial charge in [0.25, 0.3) is 0 Å². The van der Waals surface area contributed by atoms with Gasteiger partial charge in [0.15, 0.2) is 0 Å². The molecule has 18 heavy (non-hydrogen) atoms. The normalized spacial score (nSPS) is 11.3. The molecule has 0 bridgehead atoms. The zero-order valence-corrected chi connectivity index (χ0v) is 10.7. The van der Waals surface area contributed by atoms with Crippen molar-refractivity contribution in [3.05, 3.63) is 22.2 Å². The average Bonchev–Trinajstić information content (AvgIpc) is 2.28. The first-order chi connectivity index (χ1) is 8.35. The Bertz CT molecular complexity index is 434. The summed E-state index contributed by atoms with van der Waals surface area (Å²) >= 11 is 0. The van der Waals surface area contributed by atoms with Gasteiger partial charge < -0.3 is 15.2 Å². The van der Waals surface area contributed by atoms with Crippen LogP contribution in [0.25, 0.3) is 0 Å². The van der Waals surface area contributed by atoms with Crippen molar-refractivity contribution in [2.24, 2.45) is 0 Å². The number of methoxy groups -OCH3 is 1. The summed E-state index contributed by atoms with van der Waals surface area (Å²) in [7, 11) is 1.63. The Labute approximate surface area is 105 Å². The SMILES string of the molecule is COC(C)(C)CCOc1ccc([N+](=O)[O-])c(N)n1. The molecule has 0 spiro atoms. The number of anilines is 1. The smallest absolute Gasteiger partial charge is 0.311 e. The fourth-order valence-corrected chi connectivity index (χ4v) is 1.19. The first-order valence-electron chi connectivity index (χ1n) is 5.44. The van der Waals surface area contributed by atoms with E-state index in [4.69, 9.17) is 15.2 Å². The minimum atomic E-state index is -0.583. The van der Waals surface area contributed by atoms with Crippen molar-refractivity contribution in [1.29, 1.82) is 0 Å². The molecule has 0 atom stereocenters. The molecule has 7 heteroatoms. The van der Waals surface area contributed by atoms with E-state index in [2.05, 4.69) is 4.98 Å². The molecule has 1 heterocycles. The van der Waals surface area contributed by atoms with Crippen LogP contribution in [0.4, 0.5) is 11.5 Å². The van der Waals surface area contributed by atoms with Gasteiger partial charge in [-0.2, -0.15) is 4.98 Å². The van der Waals surface area contributed by atoms with Crippen molar-refractivity contribution >= 4 is 11.5 Å². The molecule has 1 aromatic heterocycles. The van der Waals surface area contributed by atoms with Crippen molar-refractivity contribution in [2.75, 3.05) is 19.5 Å². The van der Waals surface area contributed by atoms with Gasteiger partial charge in [0.05, 0.1) is 17.1 Å². The van der Waals surface area contributed by atoms with Crippen molar-refractivity contribution < 1.29 is 14.4 Å². The molecule has 1 aromatic rings. The Morgan fingerprint density at radius 1 is 1.50 bits per heavy atom. The number of hydrogen-bond acceptors (Lipinski definition) is 6. The summed E-state index contributed by atoms with van der Waals surface area (Å²) in [5, 5.41) is 10.5. The lowest BCUT2D eigenvalue weighted by molar-refractivity contribution is -0.384. The highest BCUT2D eigenvalue weighted by atomic mass is 16.6. The van der Waals surface area contributed by atoms with Crippen LogP contribution in [-0.2, 0) is 4.74 Å². The van der Waals surface area contributed by atoms with Crippen molar-refractivity contribution in [2.45, 2.75) is 25.9 Å². The lowest BCUT2D eigenvalue weighted by Crippen LogP contribution is -2.25. The minimum Gasteiger partial charge on any atom is -0.477 e. The molecule has 1 rings (SSSR count). The van der Waals surface area contributed by atoms with Gasteiger partial charge in [-0.3, -0.25) is 10.1 Å². The van der Waals surface area contributed by atoms with E-state index in [1.807, 2.05) is 13.8 Å². The third-order valence-electron chi connectivity index (χ3n) is 2.58. The number of ether oxygens (including phenoxy) is 2. The predicted octanol–water partition coefficient (Wildman–Crippen LogP) is 1.77. The molecule has 0 saturated carbocycles. The number of nitrogens with two attached hydrogens (primary N) is 1. The fourth-order valence-electron chi connectivity index (χ4n) is 1.19. The molecule has 0 aliphatic heterocycles. The van der Waals surface area contributed by atoms with E-state index in [9.17, 15) is 10.1 Å². The van der Waals surface area contributed by atoms with Crippen LogP contribution in [-0.4, -0.2) is 29.2 Å². The van der Waals surface area contributed by atoms with E-state index in [1.165, 1.54) is 12.1 Å². The van der Waals surface area contributed by atoms with Gasteiger partial charge in [-0.25, -0.2) is 0 Å². The van der Waals surface area contributed by atoms with Crippen molar-refractivity contribution in [3.8, 4) is 5.88 Å². The maximum absolute atomic E-state index is 10.5. The number of pyridine rings is 1. The van der Waals surface area contributed by atoms with Crippen LogP contribution in [0.3, 0.4) is 0 Å². The molecule has 0 fully saturated rings. The third kappa shape index (κ3) is 3.85. The standard InChI is InChI=1S/C11H17N3O4/c1-11(2,17-3)6-7-18-9-5-4-8(14(15)16)10(12)13-9/h4-5H,6-7H2,1-3H3,(H2,12,13). The third-order valence-corrected chi connectivity index (χ3v) is 2.58. The first-order valence-corrected chi connectivity index (χ1v) is 5.44. The summed E-state index contributed by atoms with van der Waals surface area (Å²) in [6.45, 7) is 4.27. The zero-order valence-electron chi connectivity index (χ0n) is 10.7. The van der Waals surface area contributed by atoms with E-state index >= 15 is 0 Å². The Morgan fingerprint density at radius 3 is 2.67 bits per heavy atom. The first kappa shape index (κ1) is 14.2. The molecule has 0 aliphatic rings. The second kappa shape index (κ2) is 5.63. The molecule has 2 N–H and O–H groups in total. The highest BCUT2D eigenvalue weighted by molar-refractivity contribution is 5.53. The van der Waals surface area contributed by atoms with Crippen LogP contribution in [0.1, 0.15) is 20.3 Å². The molecule has 0 saturated heterocycles. The van der Waals surface area contributed by atoms with E-state index in [-0.39, 0.29) is 23.0 Å². The number of rotatable bonds is 6. The summed E-state index contributed by atoms with van der Waals surface area (Å²) in [6, 6.07) is 2.70. The fraction of sp³-hybridized carbons (Fsp3) is 0.545. The molecule has 0 radical (unpaired) electrons. The van der Waals surface area contributed by atoms with Crippen LogP contribution >= 0.6 is 0 Å². The number of hydrogen-bond donors (Lipinski definition) is 1. The summed E-state index contributed by atoms with van der Waals surface area (Å²) in [6.07, 6.45) is 0.669. The monoisotopic (exact) mass is 255 g/mol. The van der Waals surface area contributed by atoms with Crippen molar-refractivity contribution in [1.82, 2.24) is 4.98 Å². The zero-order chi connectivity index (χ0) is 13.8. The number of nitrogen functional groups attached to an aromatic ring is 1. The van der Waals surface area contributed by atoms with E-state index in [1.54, 1.807) is 7.11 Å². The topological polar surface area (TPSA) is 101 Å². The summed E-state index contributed by atoms with van der Waals surface area (Å²) < 4.78 is 10.6. The lowest BCUT2D eigenvalue weighted by Gasteiger charge is -2.22. The Balaban J connectivity index is 2.59. The van der Waals surface area contributed by atoms with Gasteiger partial charge in [-0.05, 0) is 13.8 Å². The van der Waals surface area contributed by atoms with E-state index in [0.717, 1.165) is 0 Å². The van der Waals surface area contributed by atoms with Gasteiger partial charge in [-0.15, -0.1) is 0 Å². The summed E-state index contributed by atoms with van der Waals surface area (Å²) in [5.41, 5.74) is 4.94. The Kier molecular flexibility index (Phi) is 4.43. The lowest BCUT2D eigenvalue weighted by atomic mass is 10.1.